The number of carbonyl (C=O) groups excluding carboxylic acids is 1. The topological polar surface area (TPSA) is 74.6 Å². The second-order valence-corrected chi connectivity index (χ2v) is 7.20. The molecule has 142 valence electrons. The Morgan fingerprint density at radius 3 is 2.50 bits per heavy atom. The van der Waals surface area contributed by atoms with Crippen LogP contribution in [0, 0.1) is 0 Å². The number of methoxy groups -OCH3 is 3. The molecule has 0 fully saturated rings. The van der Waals surface area contributed by atoms with Crippen molar-refractivity contribution in [3.05, 3.63) is 34.6 Å². The van der Waals surface area contributed by atoms with E-state index in [2.05, 4.69) is 26.3 Å². The first-order valence-electron chi connectivity index (χ1n) is 8.10. The summed E-state index contributed by atoms with van der Waals surface area (Å²) in [6, 6.07) is 3.33. The number of benzene rings is 1. The van der Waals surface area contributed by atoms with Crippen molar-refractivity contribution in [3.63, 3.8) is 0 Å². The minimum Gasteiger partial charge on any atom is -0.493 e. The third-order valence-electron chi connectivity index (χ3n) is 4.10. The van der Waals surface area contributed by atoms with Crippen LogP contribution in [0.2, 0.25) is 0 Å². The molecule has 0 bridgehead atoms. The van der Waals surface area contributed by atoms with Gasteiger partial charge in [-0.25, -0.2) is 0 Å². The molecule has 0 aliphatic carbocycles. The summed E-state index contributed by atoms with van der Waals surface area (Å²) in [6.45, 7) is 4.73. The lowest BCUT2D eigenvalue weighted by atomic mass is 10.1. The van der Waals surface area contributed by atoms with Crippen molar-refractivity contribution in [1.82, 2.24) is 9.78 Å². The van der Waals surface area contributed by atoms with E-state index in [9.17, 15) is 4.79 Å². The van der Waals surface area contributed by atoms with Gasteiger partial charge in [0.05, 0.1) is 37.3 Å². The molecule has 0 atom stereocenters. The summed E-state index contributed by atoms with van der Waals surface area (Å²) < 4.78 is 18.3. The van der Waals surface area contributed by atoms with E-state index in [-0.39, 0.29) is 11.5 Å². The van der Waals surface area contributed by atoms with Crippen LogP contribution >= 0.6 is 15.9 Å². The van der Waals surface area contributed by atoms with Crippen molar-refractivity contribution < 1.29 is 19.0 Å². The van der Waals surface area contributed by atoms with Crippen LogP contribution in [0.5, 0.6) is 11.5 Å². The summed E-state index contributed by atoms with van der Waals surface area (Å²) in [5.41, 5.74) is 0.836. The molecule has 2 aromatic rings. The van der Waals surface area contributed by atoms with Crippen molar-refractivity contribution >= 4 is 27.5 Å². The van der Waals surface area contributed by atoms with E-state index in [1.807, 2.05) is 13.8 Å². The van der Waals surface area contributed by atoms with Crippen LogP contribution in [0.4, 0.5) is 5.69 Å². The number of carbonyl (C=O) groups is 1. The molecular formula is C18H24BrN3O4. The van der Waals surface area contributed by atoms with E-state index in [1.54, 1.807) is 43.4 Å². The first-order chi connectivity index (χ1) is 12.3. The molecular weight excluding hydrogens is 402 g/mol. The van der Waals surface area contributed by atoms with Gasteiger partial charge in [0.2, 0.25) is 0 Å². The summed E-state index contributed by atoms with van der Waals surface area (Å²) in [6.07, 6.45) is 4.21. The van der Waals surface area contributed by atoms with E-state index >= 15 is 0 Å². The summed E-state index contributed by atoms with van der Waals surface area (Å²) in [4.78, 5) is 12.6. The second-order valence-electron chi connectivity index (χ2n) is 6.35. The molecule has 1 aromatic heterocycles. The Morgan fingerprint density at radius 1 is 1.23 bits per heavy atom. The van der Waals surface area contributed by atoms with Crippen LogP contribution in [-0.2, 0) is 11.3 Å². The van der Waals surface area contributed by atoms with Crippen LogP contribution in [0.3, 0.4) is 0 Å². The van der Waals surface area contributed by atoms with E-state index in [4.69, 9.17) is 14.2 Å². The molecule has 26 heavy (non-hydrogen) atoms. The monoisotopic (exact) mass is 425 g/mol. The fourth-order valence-electron chi connectivity index (χ4n) is 2.26. The highest BCUT2D eigenvalue weighted by molar-refractivity contribution is 9.10. The highest BCUT2D eigenvalue weighted by Crippen LogP contribution is 2.33. The lowest BCUT2D eigenvalue weighted by molar-refractivity contribution is 0.0113. The highest BCUT2D eigenvalue weighted by Gasteiger charge is 2.18. The van der Waals surface area contributed by atoms with Gasteiger partial charge < -0.3 is 19.5 Å². The van der Waals surface area contributed by atoms with Gasteiger partial charge in [0.15, 0.2) is 11.5 Å². The smallest absolute Gasteiger partial charge is 0.257 e. The number of amides is 1. The fourth-order valence-corrected chi connectivity index (χ4v) is 2.77. The average molecular weight is 426 g/mol. The number of hydrogen-bond donors (Lipinski definition) is 1. The van der Waals surface area contributed by atoms with Gasteiger partial charge in [-0.1, -0.05) is 0 Å². The van der Waals surface area contributed by atoms with E-state index < -0.39 is 0 Å². The Kier molecular flexibility index (Phi) is 6.66. The number of nitrogens with zero attached hydrogens (tertiary/aromatic N) is 2. The predicted octanol–water partition coefficient (Wildman–Crippen LogP) is 3.73. The molecule has 7 nitrogen and oxygen atoms in total. The van der Waals surface area contributed by atoms with Crippen LogP contribution in [0.15, 0.2) is 29.0 Å². The molecule has 1 aromatic carbocycles. The van der Waals surface area contributed by atoms with Gasteiger partial charge in [-0.2, -0.15) is 5.10 Å². The molecule has 1 amide bonds. The molecule has 0 aliphatic rings. The molecule has 1 N–H and O–H groups in total. The number of anilines is 1. The predicted molar refractivity (Wildman–Crippen MR) is 103 cm³/mol. The average Bonchev–Trinajstić information content (AvgIpc) is 3.07. The minimum atomic E-state index is -0.269. The lowest BCUT2D eigenvalue weighted by Gasteiger charge is -2.22. The zero-order valence-corrected chi connectivity index (χ0v) is 17.2. The zero-order valence-electron chi connectivity index (χ0n) is 15.6. The third-order valence-corrected chi connectivity index (χ3v) is 4.76. The van der Waals surface area contributed by atoms with Crippen molar-refractivity contribution in [3.8, 4) is 11.5 Å². The van der Waals surface area contributed by atoms with Crippen molar-refractivity contribution in [2.75, 3.05) is 26.6 Å². The number of aryl methyl sites for hydroxylation is 1. The third kappa shape index (κ3) is 4.98. The van der Waals surface area contributed by atoms with Gasteiger partial charge in [-0.15, -0.1) is 0 Å². The molecule has 0 aliphatic heterocycles. The molecule has 1 heterocycles. The molecule has 2 rings (SSSR count). The zero-order chi connectivity index (χ0) is 19.3. The fraction of sp³-hybridized carbons (Fsp3) is 0.444. The van der Waals surface area contributed by atoms with Gasteiger partial charge in [0, 0.05) is 24.3 Å². The molecule has 0 saturated heterocycles. The largest absolute Gasteiger partial charge is 0.493 e. The Labute approximate surface area is 161 Å². The lowest BCUT2D eigenvalue weighted by Crippen LogP contribution is -2.24. The quantitative estimate of drug-likeness (QED) is 0.697. The van der Waals surface area contributed by atoms with Gasteiger partial charge in [0.1, 0.15) is 0 Å². The Balaban J connectivity index is 2.09. The number of nitrogens with one attached hydrogen (secondary N) is 1. The number of hydrogen-bond acceptors (Lipinski definition) is 5. The number of ether oxygens (including phenoxy) is 3. The summed E-state index contributed by atoms with van der Waals surface area (Å²) in [5.74, 6) is 0.762. The number of halogens is 1. The maximum absolute atomic E-state index is 12.6. The normalized spacial score (nSPS) is 11.3. The van der Waals surface area contributed by atoms with Crippen LogP contribution in [-0.4, -0.2) is 42.6 Å². The Morgan fingerprint density at radius 2 is 1.88 bits per heavy atom. The van der Waals surface area contributed by atoms with E-state index in [0.717, 1.165) is 6.42 Å². The Hall–Kier alpha value is -2.06. The van der Waals surface area contributed by atoms with Crippen LogP contribution < -0.4 is 14.8 Å². The van der Waals surface area contributed by atoms with Gasteiger partial charge in [-0.3, -0.25) is 9.48 Å². The molecule has 0 saturated carbocycles. The molecule has 0 radical (unpaired) electrons. The van der Waals surface area contributed by atoms with Gasteiger partial charge in [0.25, 0.3) is 5.91 Å². The maximum atomic E-state index is 12.6. The SMILES string of the molecule is COc1cc(Br)c(C(=O)Nc2cnn(CCC(C)(C)OC)c2)cc1OC. The van der Waals surface area contributed by atoms with Crippen molar-refractivity contribution in [2.24, 2.45) is 0 Å². The van der Waals surface area contributed by atoms with Crippen LogP contribution in [0.1, 0.15) is 30.6 Å². The van der Waals surface area contributed by atoms with Crippen molar-refractivity contribution in [1.29, 1.82) is 0 Å². The summed E-state index contributed by atoms with van der Waals surface area (Å²) >= 11 is 3.39. The number of rotatable bonds is 8. The maximum Gasteiger partial charge on any atom is 0.257 e. The molecule has 0 unspecified atom stereocenters. The number of aromatic nitrogens is 2. The first kappa shape index (κ1) is 20.3. The molecule has 8 heteroatoms. The van der Waals surface area contributed by atoms with Gasteiger partial charge in [-0.05, 0) is 48.3 Å². The minimum absolute atomic E-state index is 0.222. The highest BCUT2D eigenvalue weighted by atomic mass is 79.9. The van der Waals surface area contributed by atoms with E-state index in [1.165, 1.54) is 7.11 Å². The van der Waals surface area contributed by atoms with Crippen LogP contribution in [0.25, 0.3) is 0 Å². The van der Waals surface area contributed by atoms with Gasteiger partial charge >= 0.3 is 0 Å². The standard InChI is InChI=1S/C18H24BrN3O4/c1-18(2,26-5)6-7-22-11-12(10-20-22)21-17(23)13-8-15(24-3)16(25-4)9-14(13)19/h8-11H,6-7H2,1-5H3,(H,21,23). The Bertz CT molecular complexity index is 774. The van der Waals surface area contributed by atoms with E-state index in [0.29, 0.717) is 33.8 Å². The second kappa shape index (κ2) is 8.55. The molecule has 0 spiro atoms. The summed E-state index contributed by atoms with van der Waals surface area (Å²) in [5, 5.41) is 7.11. The van der Waals surface area contributed by atoms with Crippen molar-refractivity contribution in [2.45, 2.75) is 32.4 Å². The first-order valence-corrected chi connectivity index (χ1v) is 8.89. The summed E-state index contributed by atoms with van der Waals surface area (Å²) in [7, 11) is 4.76.